The minimum atomic E-state index is -1.33. The molecule has 3 aromatic rings. The normalized spacial score (nSPS) is 12.0. The van der Waals surface area contributed by atoms with Crippen molar-refractivity contribution >= 4 is 27.7 Å². The molecule has 128 valence electrons. The van der Waals surface area contributed by atoms with Gasteiger partial charge in [0, 0.05) is 29.3 Å². The summed E-state index contributed by atoms with van der Waals surface area (Å²) in [6, 6.07) is 12.1. The van der Waals surface area contributed by atoms with E-state index in [0.29, 0.717) is 15.8 Å². The third kappa shape index (κ3) is 3.61. The molecule has 2 aromatic carbocycles. The lowest BCUT2D eigenvalue weighted by molar-refractivity contribution is 0.0469. The van der Waals surface area contributed by atoms with Crippen molar-refractivity contribution in [2.45, 2.75) is 11.5 Å². The van der Waals surface area contributed by atoms with E-state index in [-0.39, 0.29) is 23.5 Å². The molecule has 25 heavy (non-hydrogen) atoms. The first-order valence-corrected chi connectivity index (χ1v) is 8.87. The quantitative estimate of drug-likeness (QED) is 0.569. The number of carbonyl (C=O) groups is 1. The number of aromatic hydroxyl groups is 1. The molecule has 1 aromatic heterocycles. The van der Waals surface area contributed by atoms with Crippen molar-refractivity contribution < 1.29 is 23.3 Å². The molecule has 0 bridgehead atoms. The van der Waals surface area contributed by atoms with Crippen LogP contribution in [0.3, 0.4) is 0 Å². The van der Waals surface area contributed by atoms with Crippen molar-refractivity contribution in [3.63, 3.8) is 0 Å². The minimum Gasteiger partial charge on any atom is -0.508 e. The number of benzene rings is 2. The van der Waals surface area contributed by atoms with Gasteiger partial charge in [0.15, 0.2) is 0 Å². The lowest BCUT2D eigenvalue weighted by atomic mass is 10.1. The largest absolute Gasteiger partial charge is 0.508 e. The van der Waals surface area contributed by atoms with Crippen LogP contribution in [0.4, 0.5) is 0 Å². The summed E-state index contributed by atoms with van der Waals surface area (Å²) in [5, 5.41) is 10.0. The van der Waals surface area contributed by atoms with Gasteiger partial charge < -0.3 is 14.3 Å². The Morgan fingerprint density at radius 2 is 1.96 bits per heavy atom. The zero-order chi connectivity index (χ0) is 18.0. The molecule has 0 spiro atoms. The van der Waals surface area contributed by atoms with Gasteiger partial charge in [0.05, 0.1) is 21.3 Å². The molecular formula is C18H14O6S. The number of hydrogen-bond acceptors (Lipinski definition) is 6. The maximum absolute atomic E-state index is 12.3. The van der Waals surface area contributed by atoms with Crippen LogP contribution < -0.4 is 5.63 Å². The van der Waals surface area contributed by atoms with E-state index in [1.165, 1.54) is 30.5 Å². The lowest BCUT2D eigenvalue weighted by Crippen LogP contribution is -2.10. The van der Waals surface area contributed by atoms with Crippen molar-refractivity contribution in [2.24, 2.45) is 0 Å². The van der Waals surface area contributed by atoms with Gasteiger partial charge in [-0.05, 0) is 24.3 Å². The van der Waals surface area contributed by atoms with Crippen LogP contribution in [0.15, 0.2) is 62.6 Å². The number of fused-ring (bicyclic) bond motifs is 1. The fraction of sp³-hybridized carbons (Fsp3) is 0.111. The van der Waals surface area contributed by atoms with Gasteiger partial charge in [-0.1, -0.05) is 12.1 Å². The van der Waals surface area contributed by atoms with Gasteiger partial charge >= 0.3 is 11.6 Å². The molecule has 1 N–H and O–H groups in total. The summed E-state index contributed by atoms with van der Waals surface area (Å²) in [4.78, 5) is 24.3. The van der Waals surface area contributed by atoms with Gasteiger partial charge in [-0.2, -0.15) is 0 Å². The van der Waals surface area contributed by atoms with Crippen LogP contribution in [0.5, 0.6) is 5.75 Å². The van der Waals surface area contributed by atoms with Crippen LogP contribution in [0.1, 0.15) is 15.9 Å². The Hall–Kier alpha value is -2.93. The molecule has 6 nitrogen and oxygen atoms in total. The summed E-state index contributed by atoms with van der Waals surface area (Å²) >= 11 is 0. The summed E-state index contributed by atoms with van der Waals surface area (Å²) in [7, 11) is -1.33. The number of esters is 1. The second-order valence-electron chi connectivity index (χ2n) is 5.30. The Morgan fingerprint density at radius 1 is 1.20 bits per heavy atom. The third-order valence-electron chi connectivity index (χ3n) is 3.59. The van der Waals surface area contributed by atoms with Crippen molar-refractivity contribution in [3.05, 3.63) is 70.1 Å². The summed E-state index contributed by atoms with van der Waals surface area (Å²) in [6.45, 7) is -0.156. The molecule has 0 aliphatic heterocycles. The van der Waals surface area contributed by atoms with E-state index in [9.17, 15) is 18.9 Å². The molecule has 0 saturated heterocycles. The van der Waals surface area contributed by atoms with Crippen LogP contribution in [0, 0.1) is 0 Å². The van der Waals surface area contributed by atoms with Crippen LogP contribution >= 0.6 is 0 Å². The van der Waals surface area contributed by atoms with E-state index in [2.05, 4.69) is 0 Å². The maximum Gasteiger partial charge on any atom is 0.339 e. The second kappa shape index (κ2) is 6.90. The van der Waals surface area contributed by atoms with E-state index in [1.54, 1.807) is 24.3 Å². The summed E-state index contributed by atoms with van der Waals surface area (Å²) in [5.41, 5.74) is 0.260. The first-order chi connectivity index (χ1) is 12.0. The monoisotopic (exact) mass is 358 g/mol. The van der Waals surface area contributed by atoms with Crippen molar-refractivity contribution in [1.82, 2.24) is 0 Å². The van der Waals surface area contributed by atoms with Gasteiger partial charge in [0.25, 0.3) is 0 Å². The number of phenols is 1. The zero-order valence-corrected chi connectivity index (χ0v) is 14.0. The fourth-order valence-corrected chi connectivity index (χ4v) is 3.18. The lowest BCUT2D eigenvalue weighted by Gasteiger charge is -2.09. The first-order valence-electron chi connectivity index (χ1n) is 7.31. The third-order valence-corrected chi connectivity index (χ3v) is 4.56. The summed E-state index contributed by atoms with van der Waals surface area (Å²) in [6.07, 6.45) is 1.48. The number of rotatable bonds is 4. The van der Waals surface area contributed by atoms with E-state index >= 15 is 0 Å². The highest BCUT2D eigenvalue weighted by molar-refractivity contribution is 7.84. The average molecular weight is 358 g/mol. The highest BCUT2D eigenvalue weighted by Crippen LogP contribution is 2.23. The van der Waals surface area contributed by atoms with Crippen molar-refractivity contribution in [2.75, 3.05) is 6.26 Å². The Balaban J connectivity index is 1.90. The molecule has 0 fully saturated rings. The Morgan fingerprint density at radius 3 is 2.72 bits per heavy atom. The summed E-state index contributed by atoms with van der Waals surface area (Å²) < 4.78 is 22.0. The first kappa shape index (κ1) is 16.9. The van der Waals surface area contributed by atoms with Crippen molar-refractivity contribution in [1.29, 1.82) is 0 Å². The molecule has 3 rings (SSSR count). The fourth-order valence-electron chi connectivity index (χ4n) is 2.45. The van der Waals surface area contributed by atoms with Crippen LogP contribution in [0.25, 0.3) is 11.0 Å². The SMILES string of the molecule is C[S@](=O)c1ccccc1C(=O)OCc1cc(=O)oc2cc(O)ccc12. The van der Waals surface area contributed by atoms with Gasteiger partial charge in [-0.25, -0.2) is 9.59 Å². The minimum absolute atomic E-state index is 0.0378. The smallest absolute Gasteiger partial charge is 0.339 e. The summed E-state index contributed by atoms with van der Waals surface area (Å²) in [5.74, 6) is -0.671. The topological polar surface area (TPSA) is 93.8 Å². The molecule has 0 unspecified atom stereocenters. The predicted octanol–water partition coefficient (Wildman–Crippen LogP) is 2.59. The molecule has 1 atom stereocenters. The number of phenolic OH excluding ortho intramolecular Hbond substituents is 1. The van der Waals surface area contributed by atoms with Gasteiger partial charge in [-0.15, -0.1) is 0 Å². The highest BCUT2D eigenvalue weighted by atomic mass is 32.2. The van der Waals surface area contributed by atoms with E-state index in [4.69, 9.17) is 9.15 Å². The number of ether oxygens (including phenoxy) is 1. The highest BCUT2D eigenvalue weighted by Gasteiger charge is 2.16. The Bertz CT molecular complexity index is 1040. The molecule has 0 saturated carbocycles. The van der Waals surface area contributed by atoms with E-state index in [0.717, 1.165) is 0 Å². The Kier molecular flexibility index (Phi) is 4.67. The molecule has 7 heteroatoms. The van der Waals surface area contributed by atoms with Crippen LogP contribution in [-0.2, 0) is 22.1 Å². The van der Waals surface area contributed by atoms with E-state index in [1.807, 2.05) is 0 Å². The molecule has 0 aliphatic carbocycles. The molecule has 0 aliphatic rings. The standard InChI is InChI=1S/C18H14O6S/c1-25(22)16-5-3-2-4-14(16)18(21)23-10-11-8-17(20)24-15-9-12(19)6-7-13(11)15/h2-9,19H,10H2,1H3/t25-/m0/s1. The van der Waals surface area contributed by atoms with Gasteiger partial charge in [0.1, 0.15) is 17.9 Å². The molecule has 1 heterocycles. The number of carbonyl (C=O) groups excluding carboxylic acids is 1. The van der Waals surface area contributed by atoms with Gasteiger partial charge in [0.2, 0.25) is 0 Å². The van der Waals surface area contributed by atoms with Crippen LogP contribution in [0.2, 0.25) is 0 Å². The zero-order valence-electron chi connectivity index (χ0n) is 13.2. The van der Waals surface area contributed by atoms with Crippen LogP contribution in [-0.4, -0.2) is 21.5 Å². The van der Waals surface area contributed by atoms with E-state index < -0.39 is 22.4 Å². The Labute approximate surface area is 145 Å². The molecular weight excluding hydrogens is 344 g/mol. The molecule has 0 radical (unpaired) electrons. The van der Waals surface area contributed by atoms with Gasteiger partial charge in [-0.3, -0.25) is 4.21 Å². The maximum atomic E-state index is 12.3. The second-order valence-corrected chi connectivity index (χ2v) is 6.65. The number of hydrogen-bond donors (Lipinski definition) is 1. The molecule has 0 amide bonds. The predicted molar refractivity (Wildman–Crippen MR) is 92.0 cm³/mol. The van der Waals surface area contributed by atoms with Crippen molar-refractivity contribution in [3.8, 4) is 5.75 Å². The average Bonchev–Trinajstić information content (AvgIpc) is 2.58.